The van der Waals surface area contributed by atoms with Crippen LogP contribution in [0.3, 0.4) is 0 Å². The highest BCUT2D eigenvalue weighted by molar-refractivity contribution is 7.86. The molecule has 0 aliphatic rings. The summed E-state index contributed by atoms with van der Waals surface area (Å²) in [6.45, 7) is 1.39. The Morgan fingerprint density at radius 3 is 2.47 bits per heavy atom. The van der Waals surface area contributed by atoms with Crippen LogP contribution < -0.4 is 0 Å². The molecule has 15 heavy (non-hydrogen) atoms. The normalized spacial score (nSPS) is 13.8. The predicted octanol–water partition coefficient (Wildman–Crippen LogP) is 0.825. The lowest BCUT2D eigenvalue weighted by Gasteiger charge is -2.06. The smallest absolute Gasteiger partial charge is 0.267 e. The largest absolute Gasteiger partial charge is 0.285 e. The van der Waals surface area contributed by atoms with Crippen molar-refractivity contribution in [2.45, 2.75) is 25.0 Å². The molecule has 0 aliphatic carbocycles. The fourth-order valence-corrected chi connectivity index (χ4v) is 1.37. The maximum atomic E-state index is 12.4. The molecule has 1 N–H and O–H groups in total. The van der Waals surface area contributed by atoms with Crippen LogP contribution in [-0.4, -0.2) is 28.2 Å². The fourth-order valence-electron chi connectivity index (χ4n) is 0.949. The molecule has 0 unspecified atom stereocenters. The molecule has 1 aromatic heterocycles. The summed E-state index contributed by atoms with van der Waals surface area (Å²) in [4.78, 5) is 7.34. The summed E-state index contributed by atoms with van der Waals surface area (Å²) in [6, 6.07) is 0. The molecule has 0 saturated carbocycles. The van der Waals surface area contributed by atoms with E-state index in [2.05, 4.69) is 9.97 Å². The Morgan fingerprint density at radius 1 is 1.47 bits per heavy atom. The molecule has 0 radical (unpaired) electrons. The van der Waals surface area contributed by atoms with E-state index in [1.807, 2.05) is 0 Å². The van der Waals surface area contributed by atoms with Gasteiger partial charge in [0.2, 0.25) is 0 Å². The van der Waals surface area contributed by atoms with E-state index in [9.17, 15) is 12.8 Å². The monoisotopic (exact) mass is 234 g/mol. The summed E-state index contributed by atoms with van der Waals surface area (Å²) in [5.74, 6) is -0.187. The fraction of sp³-hybridized carbons (Fsp3) is 0.500. The van der Waals surface area contributed by atoms with Crippen molar-refractivity contribution in [3.8, 4) is 0 Å². The van der Waals surface area contributed by atoms with E-state index in [-0.39, 0.29) is 12.8 Å². The lowest BCUT2D eigenvalue weighted by molar-refractivity contribution is 0.465. The molecule has 1 rings (SSSR count). The second-order valence-electron chi connectivity index (χ2n) is 3.18. The summed E-state index contributed by atoms with van der Waals surface area (Å²) < 4.78 is 42.4. The van der Waals surface area contributed by atoms with Crippen molar-refractivity contribution in [3.63, 3.8) is 0 Å². The van der Waals surface area contributed by atoms with E-state index >= 15 is 0 Å². The first kappa shape index (κ1) is 12.0. The first-order valence-corrected chi connectivity index (χ1v) is 5.82. The molecular formula is C8H11FN2O3S. The SMILES string of the molecule is C[C@H](CCc1ncc(F)cn1)S(=O)(=O)O. The lowest BCUT2D eigenvalue weighted by atomic mass is 10.2. The van der Waals surface area contributed by atoms with Crippen molar-refractivity contribution < 1.29 is 17.4 Å². The van der Waals surface area contributed by atoms with E-state index in [0.29, 0.717) is 5.82 Å². The predicted molar refractivity (Wildman–Crippen MR) is 51.3 cm³/mol. The third-order valence-corrected chi connectivity index (χ3v) is 3.21. The van der Waals surface area contributed by atoms with Crippen molar-refractivity contribution >= 4 is 10.1 Å². The van der Waals surface area contributed by atoms with Gasteiger partial charge in [-0.25, -0.2) is 14.4 Å². The molecule has 84 valence electrons. The van der Waals surface area contributed by atoms with Gasteiger partial charge in [-0.3, -0.25) is 4.55 Å². The summed E-state index contributed by atoms with van der Waals surface area (Å²) in [7, 11) is -4.01. The summed E-state index contributed by atoms with van der Waals surface area (Å²) in [6.07, 6.45) is 2.51. The Balaban J connectivity index is 2.55. The quantitative estimate of drug-likeness (QED) is 0.780. The van der Waals surface area contributed by atoms with Gasteiger partial charge in [0.15, 0.2) is 5.82 Å². The summed E-state index contributed by atoms with van der Waals surface area (Å²) >= 11 is 0. The zero-order valence-corrected chi connectivity index (χ0v) is 8.91. The van der Waals surface area contributed by atoms with Crippen molar-refractivity contribution in [1.29, 1.82) is 0 Å². The van der Waals surface area contributed by atoms with Crippen LogP contribution in [0.2, 0.25) is 0 Å². The standard InChI is InChI=1S/C8H11FN2O3S/c1-6(15(12,13)14)2-3-8-10-4-7(9)5-11-8/h4-6H,2-3H2,1H3,(H,12,13,14)/t6-/m1/s1. The zero-order valence-electron chi connectivity index (χ0n) is 8.09. The maximum absolute atomic E-state index is 12.4. The molecule has 5 nitrogen and oxygen atoms in total. The van der Waals surface area contributed by atoms with Crippen LogP contribution >= 0.6 is 0 Å². The Hall–Kier alpha value is -1.08. The Morgan fingerprint density at radius 2 is 2.00 bits per heavy atom. The van der Waals surface area contributed by atoms with Gasteiger partial charge in [-0.05, 0) is 13.3 Å². The molecule has 1 heterocycles. The molecule has 0 aromatic carbocycles. The maximum Gasteiger partial charge on any atom is 0.267 e. The summed E-state index contributed by atoms with van der Waals surface area (Å²) in [5, 5.41) is -0.869. The molecular weight excluding hydrogens is 223 g/mol. The minimum Gasteiger partial charge on any atom is -0.285 e. The van der Waals surface area contributed by atoms with Crippen LogP contribution in [0.25, 0.3) is 0 Å². The molecule has 0 aliphatic heterocycles. The van der Waals surface area contributed by atoms with Crippen LogP contribution in [0.4, 0.5) is 4.39 Å². The lowest BCUT2D eigenvalue weighted by Crippen LogP contribution is -2.17. The number of rotatable bonds is 4. The van der Waals surface area contributed by atoms with Crippen molar-refractivity contribution in [2.75, 3.05) is 0 Å². The van der Waals surface area contributed by atoms with Gasteiger partial charge in [-0.1, -0.05) is 0 Å². The van der Waals surface area contributed by atoms with Crippen LogP contribution in [0.15, 0.2) is 12.4 Å². The highest BCUT2D eigenvalue weighted by Gasteiger charge is 2.17. The van der Waals surface area contributed by atoms with E-state index in [1.165, 1.54) is 6.92 Å². The van der Waals surface area contributed by atoms with E-state index in [1.54, 1.807) is 0 Å². The molecule has 1 atom stereocenters. The van der Waals surface area contributed by atoms with Crippen molar-refractivity contribution in [1.82, 2.24) is 9.97 Å². The van der Waals surface area contributed by atoms with Crippen LogP contribution in [0.5, 0.6) is 0 Å². The topological polar surface area (TPSA) is 80.2 Å². The summed E-state index contributed by atoms with van der Waals surface area (Å²) in [5.41, 5.74) is 0. The van der Waals surface area contributed by atoms with Gasteiger partial charge in [0.05, 0.1) is 17.6 Å². The van der Waals surface area contributed by atoms with Crippen LogP contribution in [-0.2, 0) is 16.5 Å². The number of aryl methyl sites for hydroxylation is 1. The van der Waals surface area contributed by atoms with Gasteiger partial charge >= 0.3 is 0 Å². The first-order valence-electron chi connectivity index (χ1n) is 4.32. The Bertz CT molecular complexity index is 418. The number of nitrogens with zero attached hydrogens (tertiary/aromatic N) is 2. The van der Waals surface area contributed by atoms with Gasteiger partial charge < -0.3 is 0 Å². The van der Waals surface area contributed by atoms with Crippen LogP contribution in [0.1, 0.15) is 19.2 Å². The minimum atomic E-state index is -4.01. The van der Waals surface area contributed by atoms with Gasteiger partial charge in [0.1, 0.15) is 5.82 Å². The van der Waals surface area contributed by atoms with E-state index < -0.39 is 21.2 Å². The highest BCUT2D eigenvalue weighted by Crippen LogP contribution is 2.06. The van der Waals surface area contributed by atoms with Gasteiger partial charge in [-0.2, -0.15) is 8.42 Å². The average Bonchev–Trinajstić information content (AvgIpc) is 2.15. The third kappa shape index (κ3) is 3.88. The average molecular weight is 234 g/mol. The number of hydrogen-bond donors (Lipinski definition) is 1. The van der Waals surface area contributed by atoms with Gasteiger partial charge in [-0.15, -0.1) is 0 Å². The minimum absolute atomic E-state index is 0.199. The van der Waals surface area contributed by atoms with E-state index in [0.717, 1.165) is 12.4 Å². The molecule has 0 amide bonds. The number of hydrogen-bond acceptors (Lipinski definition) is 4. The number of aromatic nitrogens is 2. The second kappa shape index (κ2) is 4.63. The third-order valence-electron chi connectivity index (χ3n) is 1.96. The van der Waals surface area contributed by atoms with E-state index in [4.69, 9.17) is 4.55 Å². The molecule has 7 heteroatoms. The number of halogens is 1. The van der Waals surface area contributed by atoms with Gasteiger partial charge in [0.25, 0.3) is 10.1 Å². The second-order valence-corrected chi connectivity index (χ2v) is 5.02. The van der Waals surface area contributed by atoms with Gasteiger partial charge in [0, 0.05) is 6.42 Å². The molecule has 1 aromatic rings. The molecule has 0 spiro atoms. The highest BCUT2D eigenvalue weighted by atomic mass is 32.2. The first-order chi connectivity index (χ1) is 6.89. The Kier molecular flexibility index (Phi) is 3.70. The Labute approximate surface area is 87.1 Å². The zero-order chi connectivity index (χ0) is 11.5. The van der Waals surface area contributed by atoms with Crippen LogP contribution in [0, 0.1) is 5.82 Å². The molecule has 0 saturated heterocycles. The van der Waals surface area contributed by atoms with Crippen molar-refractivity contribution in [2.24, 2.45) is 0 Å². The molecule has 0 bridgehead atoms. The molecule has 0 fully saturated rings. The van der Waals surface area contributed by atoms with Crippen molar-refractivity contribution in [3.05, 3.63) is 24.0 Å².